The monoisotopic (exact) mass is 306 g/mol. The number of hydrogen-bond acceptors (Lipinski definition) is 6. The molecule has 7 nitrogen and oxygen atoms in total. The zero-order chi connectivity index (χ0) is 15.7. The van der Waals surface area contributed by atoms with Crippen LogP contribution in [-0.4, -0.2) is 23.8 Å². The van der Waals surface area contributed by atoms with Crippen molar-refractivity contribution in [2.24, 2.45) is 11.8 Å². The summed E-state index contributed by atoms with van der Waals surface area (Å²) in [4.78, 5) is 21.2. The quantitative estimate of drug-likeness (QED) is 0.448. The van der Waals surface area contributed by atoms with Gasteiger partial charge in [0.15, 0.2) is 6.79 Å². The summed E-state index contributed by atoms with van der Waals surface area (Å²) in [5.74, 6) is -0.243. The molecule has 0 N–H and O–H groups in total. The molecular formula is C15H16NO6-. The zero-order valence-electron chi connectivity index (χ0n) is 11.9. The summed E-state index contributed by atoms with van der Waals surface area (Å²) >= 11 is 0. The lowest BCUT2D eigenvalue weighted by atomic mass is 9.98. The Balaban J connectivity index is 1.64. The predicted molar refractivity (Wildman–Crippen MR) is 73.2 cm³/mol. The summed E-state index contributed by atoms with van der Waals surface area (Å²) in [7, 11) is 0. The lowest BCUT2D eigenvalue weighted by Crippen LogP contribution is -2.23. The van der Waals surface area contributed by atoms with Gasteiger partial charge in [-0.1, -0.05) is 0 Å². The number of benzene rings is 1. The standard InChI is InChI=1S/C15H17NO6/c17-15(18)11-3-4-12(16(19)20)14(7-11)22-8-21-13-6-9-1-2-10(13)5-9/h3-4,7,9-10,13H,1-2,5-6,8H2,(H,17,18)/p-1. The molecule has 2 fully saturated rings. The van der Waals surface area contributed by atoms with E-state index in [2.05, 4.69) is 0 Å². The molecule has 0 saturated heterocycles. The van der Waals surface area contributed by atoms with Gasteiger partial charge < -0.3 is 19.4 Å². The van der Waals surface area contributed by atoms with E-state index in [9.17, 15) is 20.0 Å². The van der Waals surface area contributed by atoms with Crippen molar-refractivity contribution < 1.29 is 24.3 Å². The van der Waals surface area contributed by atoms with Gasteiger partial charge in [-0.2, -0.15) is 0 Å². The molecule has 1 aromatic rings. The highest BCUT2D eigenvalue weighted by atomic mass is 16.7. The maximum atomic E-state index is 10.9. The minimum Gasteiger partial charge on any atom is -0.545 e. The normalized spacial score (nSPS) is 26.1. The predicted octanol–water partition coefficient (Wildman–Crippen LogP) is 1.50. The Hall–Kier alpha value is -2.15. The first-order chi connectivity index (χ1) is 10.5. The summed E-state index contributed by atoms with van der Waals surface area (Å²) in [5.41, 5.74) is -0.456. The molecule has 2 saturated carbocycles. The van der Waals surface area contributed by atoms with Crippen molar-refractivity contribution in [2.75, 3.05) is 6.79 Å². The smallest absolute Gasteiger partial charge is 0.311 e. The van der Waals surface area contributed by atoms with Crippen molar-refractivity contribution in [3.8, 4) is 5.75 Å². The minimum absolute atomic E-state index is 0.116. The number of aromatic carboxylic acids is 1. The maximum absolute atomic E-state index is 10.9. The third-order valence-electron chi connectivity index (χ3n) is 4.56. The molecule has 3 atom stereocenters. The van der Waals surface area contributed by atoms with Gasteiger partial charge in [0, 0.05) is 11.6 Å². The second-order valence-corrected chi connectivity index (χ2v) is 5.87. The lowest BCUT2D eigenvalue weighted by molar-refractivity contribution is -0.386. The SMILES string of the molecule is O=C([O-])c1ccc([N+](=O)[O-])c(OCOC2CC3CCC2C3)c1. The third-order valence-corrected chi connectivity index (χ3v) is 4.56. The van der Waals surface area contributed by atoms with Crippen LogP contribution in [0, 0.1) is 22.0 Å². The van der Waals surface area contributed by atoms with Crippen LogP contribution >= 0.6 is 0 Å². The number of nitrogens with zero attached hydrogens (tertiary/aromatic N) is 1. The molecule has 2 aliphatic carbocycles. The molecule has 2 bridgehead atoms. The molecule has 0 aliphatic heterocycles. The van der Waals surface area contributed by atoms with Crippen molar-refractivity contribution in [3.05, 3.63) is 33.9 Å². The average molecular weight is 306 g/mol. The van der Waals surface area contributed by atoms with Gasteiger partial charge in [-0.05, 0) is 49.7 Å². The lowest BCUT2D eigenvalue weighted by Gasteiger charge is -2.22. The van der Waals surface area contributed by atoms with E-state index < -0.39 is 10.9 Å². The Morgan fingerprint density at radius 2 is 2.14 bits per heavy atom. The van der Waals surface area contributed by atoms with Gasteiger partial charge in [-0.15, -0.1) is 0 Å². The summed E-state index contributed by atoms with van der Waals surface area (Å²) in [5, 5.41) is 21.8. The summed E-state index contributed by atoms with van der Waals surface area (Å²) in [6.45, 7) is -0.120. The average Bonchev–Trinajstić information content (AvgIpc) is 3.09. The summed E-state index contributed by atoms with van der Waals surface area (Å²) in [6, 6.07) is 3.31. The van der Waals surface area contributed by atoms with Crippen LogP contribution in [0.4, 0.5) is 5.69 Å². The third kappa shape index (κ3) is 2.89. The molecule has 22 heavy (non-hydrogen) atoms. The zero-order valence-corrected chi connectivity index (χ0v) is 11.9. The molecule has 0 radical (unpaired) electrons. The number of carbonyl (C=O) groups excluding carboxylic acids is 1. The van der Waals surface area contributed by atoms with Crippen LogP contribution in [0.15, 0.2) is 18.2 Å². The van der Waals surface area contributed by atoms with E-state index in [-0.39, 0.29) is 29.9 Å². The van der Waals surface area contributed by atoms with E-state index in [1.54, 1.807) is 0 Å². The Labute approximate surface area is 127 Å². The number of ether oxygens (including phenoxy) is 2. The molecule has 3 unspecified atom stereocenters. The number of fused-ring (bicyclic) bond motifs is 2. The van der Waals surface area contributed by atoms with Crippen molar-refractivity contribution >= 4 is 11.7 Å². The number of carboxylic acid groups (broad SMARTS) is 1. The molecule has 2 aliphatic rings. The van der Waals surface area contributed by atoms with Crippen molar-refractivity contribution in [1.29, 1.82) is 0 Å². The van der Waals surface area contributed by atoms with Gasteiger partial charge in [0.2, 0.25) is 5.75 Å². The molecule has 3 rings (SSSR count). The molecular weight excluding hydrogens is 290 g/mol. The molecule has 0 spiro atoms. The Bertz CT molecular complexity index is 602. The topological polar surface area (TPSA) is 102 Å². The highest BCUT2D eigenvalue weighted by molar-refractivity contribution is 5.87. The second-order valence-electron chi connectivity index (χ2n) is 5.87. The van der Waals surface area contributed by atoms with Crippen LogP contribution in [0.25, 0.3) is 0 Å². The highest BCUT2D eigenvalue weighted by Gasteiger charge is 2.40. The van der Waals surface area contributed by atoms with E-state index in [1.807, 2.05) is 0 Å². The second kappa shape index (κ2) is 5.92. The molecule has 7 heteroatoms. The number of nitro groups is 1. The van der Waals surface area contributed by atoms with E-state index in [0.29, 0.717) is 5.92 Å². The first-order valence-electron chi connectivity index (χ1n) is 7.29. The van der Waals surface area contributed by atoms with Crippen LogP contribution in [-0.2, 0) is 4.74 Å². The van der Waals surface area contributed by atoms with Crippen LogP contribution in [0.3, 0.4) is 0 Å². The summed E-state index contributed by atoms with van der Waals surface area (Å²) < 4.78 is 11.0. The molecule has 118 valence electrons. The number of rotatable bonds is 6. The molecule has 0 aromatic heterocycles. The highest BCUT2D eigenvalue weighted by Crippen LogP contribution is 2.45. The van der Waals surface area contributed by atoms with Crippen LogP contribution in [0.1, 0.15) is 36.0 Å². The number of nitro benzene ring substituents is 1. The first-order valence-corrected chi connectivity index (χ1v) is 7.29. The van der Waals surface area contributed by atoms with E-state index in [0.717, 1.165) is 37.0 Å². The van der Waals surface area contributed by atoms with Gasteiger partial charge >= 0.3 is 5.69 Å². The van der Waals surface area contributed by atoms with Gasteiger partial charge in [-0.3, -0.25) is 10.1 Å². The van der Waals surface area contributed by atoms with Crippen molar-refractivity contribution in [2.45, 2.75) is 31.8 Å². The van der Waals surface area contributed by atoms with Gasteiger partial charge in [0.05, 0.1) is 17.0 Å². The van der Waals surface area contributed by atoms with Gasteiger partial charge in [0.25, 0.3) is 0 Å². The Morgan fingerprint density at radius 3 is 2.73 bits per heavy atom. The fraction of sp³-hybridized carbons (Fsp3) is 0.533. The van der Waals surface area contributed by atoms with Gasteiger partial charge in [-0.25, -0.2) is 0 Å². The molecule has 1 aromatic carbocycles. The van der Waals surface area contributed by atoms with Crippen molar-refractivity contribution in [3.63, 3.8) is 0 Å². The van der Waals surface area contributed by atoms with Gasteiger partial charge in [0.1, 0.15) is 0 Å². The number of carbonyl (C=O) groups is 1. The molecule has 0 amide bonds. The van der Waals surface area contributed by atoms with E-state index >= 15 is 0 Å². The van der Waals surface area contributed by atoms with E-state index in [1.165, 1.54) is 12.8 Å². The van der Waals surface area contributed by atoms with E-state index in [4.69, 9.17) is 9.47 Å². The van der Waals surface area contributed by atoms with Crippen LogP contribution in [0.2, 0.25) is 0 Å². The fourth-order valence-corrected chi connectivity index (χ4v) is 3.48. The number of carboxylic acids is 1. The maximum Gasteiger partial charge on any atom is 0.311 e. The fourth-order valence-electron chi connectivity index (χ4n) is 3.48. The molecule has 0 heterocycles. The first kappa shape index (κ1) is 14.8. The van der Waals surface area contributed by atoms with Crippen molar-refractivity contribution in [1.82, 2.24) is 0 Å². The Kier molecular flexibility index (Phi) is 3.98. The minimum atomic E-state index is -1.41. The number of hydrogen-bond donors (Lipinski definition) is 0. The van der Waals surface area contributed by atoms with Crippen LogP contribution in [0.5, 0.6) is 5.75 Å². The Morgan fingerprint density at radius 1 is 1.32 bits per heavy atom. The summed E-state index contributed by atoms with van der Waals surface area (Å²) in [6.07, 6.45) is 4.75. The van der Waals surface area contributed by atoms with Crippen LogP contribution < -0.4 is 9.84 Å². The largest absolute Gasteiger partial charge is 0.545 e.